The maximum absolute atomic E-state index is 11.2. The van der Waals surface area contributed by atoms with Gasteiger partial charge in [0.1, 0.15) is 6.67 Å². The highest BCUT2D eigenvalue weighted by atomic mass is 18.2. The first kappa shape index (κ1) is 5.89. The predicted octanol–water partition coefficient (Wildman–Crippen LogP) is 0.517. The van der Waals surface area contributed by atoms with Crippen LogP contribution in [0.3, 0.4) is 0 Å². The third-order valence-electron chi connectivity index (χ3n) is 0.532. The normalized spacial score (nSPS) is 10.0. The summed E-state index contributed by atoms with van der Waals surface area (Å²) in [5, 5.41) is 0. The van der Waals surface area contributed by atoms with Crippen molar-refractivity contribution in [3.05, 3.63) is 0 Å². The number of alkyl halides is 1. The quantitative estimate of drug-likeness (QED) is 0.477. The van der Waals surface area contributed by atoms with Crippen LogP contribution in [0.25, 0.3) is 0 Å². The van der Waals surface area contributed by atoms with Crippen LogP contribution in [0, 0.1) is 0 Å². The van der Waals surface area contributed by atoms with Crippen LogP contribution in [-0.4, -0.2) is 32.2 Å². The van der Waals surface area contributed by atoms with Crippen molar-refractivity contribution in [1.29, 1.82) is 0 Å². The number of rotatable bonds is 2. The van der Waals surface area contributed by atoms with E-state index >= 15 is 0 Å². The lowest BCUT2D eigenvalue weighted by atomic mass is 10.7. The van der Waals surface area contributed by atoms with E-state index in [1.807, 2.05) is 14.1 Å². The Hall–Kier alpha value is -0.110. The van der Waals surface area contributed by atoms with Gasteiger partial charge in [-0.25, -0.2) is 4.39 Å². The summed E-state index contributed by atoms with van der Waals surface area (Å²) in [5.41, 5.74) is 0. The molecule has 0 saturated carbocycles. The van der Waals surface area contributed by atoms with E-state index in [2.05, 4.69) is 0 Å². The Labute approximate surface area is 37.8 Å². The number of hydrogen-bond donors (Lipinski definition) is 0. The Balaban J connectivity index is 2.63. The molecule has 0 fully saturated rings. The summed E-state index contributed by atoms with van der Waals surface area (Å²) in [6.45, 7) is 0.299. The Morgan fingerprint density at radius 1 is 1.50 bits per heavy atom. The van der Waals surface area contributed by atoms with Crippen LogP contribution in [0.5, 0.6) is 0 Å². The summed E-state index contributed by atoms with van der Waals surface area (Å²) in [6.07, 6.45) is 0. The van der Waals surface area contributed by atoms with E-state index in [9.17, 15) is 4.39 Å². The van der Waals surface area contributed by atoms with Crippen molar-refractivity contribution in [3.63, 3.8) is 0 Å². The van der Waals surface area contributed by atoms with Crippen molar-refractivity contribution >= 4 is 0 Å². The van der Waals surface area contributed by atoms with E-state index in [1.165, 1.54) is 0 Å². The summed E-state index contributed by atoms with van der Waals surface area (Å²) >= 11 is 0. The van der Waals surface area contributed by atoms with Crippen LogP contribution in [-0.2, 0) is 0 Å². The zero-order valence-electron chi connectivity index (χ0n) is 4.24. The standard InChI is InChI=1S/C4H10FN/c1-6(2)4-3-5/h3-4H2,1-2H3/i5-1. The first-order chi connectivity index (χ1) is 2.77. The summed E-state index contributed by atoms with van der Waals surface area (Å²) < 4.78 is 11.2. The third-order valence-corrected chi connectivity index (χ3v) is 0.532. The Kier molecular flexibility index (Phi) is 3.04. The molecule has 2 heteroatoms. The molecule has 38 valence electrons. The fourth-order valence-corrected chi connectivity index (χ4v) is 0.169. The highest BCUT2D eigenvalue weighted by molar-refractivity contribution is 4.34. The molecule has 0 radical (unpaired) electrons. The van der Waals surface area contributed by atoms with E-state index < -0.39 is 0 Å². The van der Waals surface area contributed by atoms with Crippen molar-refractivity contribution in [3.8, 4) is 0 Å². The minimum absolute atomic E-state index is 0.243. The molecule has 0 atom stereocenters. The van der Waals surface area contributed by atoms with Gasteiger partial charge in [0.05, 0.1) is 0 Å². The maximum Gasteiger partial charge on any atom is 0.102 e. The highest BCUT2D eigenvalue weighted by Crippen LogP contribution is 1.71. The molecule has 0 N–H and O–H groups in total. The van der Waals surface area contributed by atoms with Gasteiger partial charge in [0, 0.05) is 6.54 Å². The number of nitrogens with zero attached hydrogens (tertiary/aromatic N) is 1. The van der Waals surface area contributed by atoms with Crippen LogP contribution in [0.4, 0.5) is 4.39 Å². The fraction of sp³-hybridized carbons (Fsp3) is 1.00. The molecule has 0 bridgehead atoms. The first-order valence-electron chi connectivity index (χ1n) is 1.98. The summed E-state index contributed by atoms with van der Waals surface area (Å²) in [5.74, 6) is 0. The van der Waals surface area contributed by atoms with Gasteiger partial charge < -0.3 is 4.90 Å². The summed E-state index contributed by atoms with van der Waals surface area (Å²) in [4.78, 5) is 1.81. The average Bonchev–Trinajstić information content (AvgIpc) is 1.35. The molecule has 0 heterocycles. The van der Waals surface area contributed by atoms with Crippen LogP contribution in [0.15, 0.2) is 0 Å². The van der Waals surface area contributed by atoms with Crippen LogP contribution < -0.4 is 0 Å². The molecule has 1 nitrogen and oxygen atoms in total. The molecule has 0 aliphatic heterocycles. The van der Waals surface area contributed by atoms with Crippen molar-refractivity contribution in [1.82, 2.24) is 4.90 Å². The van der Waals surface area contributed by atoms with Gasteiger partial charge in [0.2, 0.25) is 0 Å². The second kappa shape index (κ2) is 3.09. The van der Waals surface area contributed by atoms with E-state index in [1.54, 1.807) is 4.90 Å². The zero-order valence-corrected chi connectivity index (χ0v) is 4.24. The van der Waals surface area contributed by atoms with Crippen molar-refractivity contribution in [2.24, 2.45) is 0 Å². The van der Waals surface area contributed by atoms with Gasteiger partial charge in [-0.2, -0.15) is 0 Å². The van der Waals surface area contributed by atoms with Crippen molar-refractivity contribution in [2.45, 2.75) is 0 Å². The second-order valence-electron chi connectivity index (χ2n) is 1.49. The Morgan fingerprint density at radius 2 is 2.00 bits per heavy atom. The van der Waals surface area contributed by atoms with E-state index in [0.717, 1.165) is 0 Å². The topological polar surface area (TPSA) is 3.24 Å². The molecular weight excluding hydrogens is 80.1 g/mol. The van der Waals surface area contributed by atoms with E-state index in [-0.39, 0.29) is 6.67 Å². The molecule has 0 spiro atoms. The van der Waals surface area contributed by atoms with Gasteiger partial charge in [-0.05, 0) is 14.1 Å². The fourth-order valence-electron chi connectivity index (χ4n) is 0.169. The van der Waals surface area contributed by atoms with Gasteiger partial charge in [0.25, 0.3) is 0 Å². The summed E-state index contributed by atoms with van der Waals surface area (Å²) in [7, 11) is 3.69. The Morgan fingerprint density at radius 3 is 2.00 bits per heavy atom. The second-order valence-corrected chi connectivity index (χ2v) is 1.49. The zero-order chi connectivity index (χ0) is 4.99. The number of halogens is 1. The molecule has 0 aliphatic rings. The first-order valence-corrected chi connectivity index (χ1v) is 1.98. The molecule has 0 aliphatic carbocycles. The van der Waals surface area contributed by atoms with Gasteiger partial charge in [-0.3, -0.25) is 0 Å². The minimum Gasteiger partial charge on any atom is -0.307 e. The molecule has 6 heavy (non-hydrogen) atoms. The SMILES string of the molecule is CN(C)CC[18F]. The van der Waals surface area contributed by atoms with E-state index in [0.29, 0.717) is 6.54 Å². The van der Waals surface area contributed by atoms with Crippen molar-refractivity contribution < 1.29 is 4.39 Å². The largest absolute Gasteiger partial charge is 0.307 e. The summed E-state index contributed by atoms with van der Waals surface area (Å²) in [6, 6.07) is 0. The lowest BCUT2D eigenvalue weighted by Gasteiger charge is -2.02. The monoisotopic (exact) mass is 90.1 g/mol. The predicted molar refractivity (Wildman–Crippen MR) is 24.5 cm³/mol. The average molecular weight is 90.1 g/mol. The molecule has 0 amide bonds. The molecule has 0 aromatic carbocycles. The lowest BCUT2D eigenvalue weighted by Crippen LogP contribution is -2.13. The highest BCUT2D eigenvalue weighted by Gasteiger charge is 1.82. The van der Waals surface area contributed by atoms with Crippen LogP contribution in [0.1, 0.15) is 0 Å². The molecule has 0 unspecified atom stereocenters. The van der Waals surface area contributed by atoms with Crippen LogP contribution in [0.2, 0.25) is 0 Å². The third kappa shape index (κ3) is 3.89. The van der Waals surface area contributed by atoms with Gasteiger partial charge in [-0.1, -0.05) is 0 Å². The molecule has 0 aromatic heterocycles. The van der Waals surface area contributed by atoms with Crippen LogP contribution >= 0.6 is 0 Å². The molecule has 0 saturated heterocycles. The molecular formula is C4H10FN. The van der Waals surface area contributed by atoms with Crippen molar-refractivity contribution in [2.75, 3.05) is 27.3 Å². The minimum atomic E-state index is -0.243. The maximum atomic E-state index is 11.2. The van der Waals surface area contributed by atoms with E-state index in [4.69, 9.17) is 0 Å². The molecule has 0 rings (SSSR count). The number of hydrogen-bond acceptors (Lipinski definition) is 1. The Bertz CT molecular complexity index is 28.7. The lowest BCUT2D eigenvalue weighted by molar-refractivity contribution is 0.344. The smallest absolute Gasteiger partial charge is 0.102 e. The van der Waals surface area contributed by atoms with Gasteiger partial charge in [0.15, 0.2) is 0 Å². The molecule has 0 aromatic rings. The van der Waals surface area contributed by atoms with Gasteiger partial charge >= 0.3 is 0 Å². The van der Waals surface area contributed by atoms with Gasteiger partial charge in [-0.15, -0.1) is 0 Å².